The number of nitrogens with one attached hydrogen (secondary N) is 1. The number of amides is 2. The third kappa shape index (κ3) is 8.90. The zero-order valence-electron chi connectivity index (χ0n) is 26.4. The number of carbonyl (C=O) groups excluding carboxylic acids is 2. The van der Waals surface area contributed by atoms with Crippen molar-refractivity contribution >= 4 is 50.7 Å². The summed E-state index contributed by atoms with van der Waals surface area (Å²) in [6.45, 7) is 7.03. The van der Waals surface area contributed by atoms with E-state index in [0.29, 0.717) is 27.7 Å². The summed E-state index contributed by atoms with van der Waals surface area (Å²) < 4.78 is 29.4. The van der Waals surface area contributed by atoms with Gasteiger partial charge in [0.1, 0.15) is 12.6 Å². The van der Waals surface area contributed by atoms with Crippen molar-refractivity contribution in [1.29, 1.82) is 0 Å². The zero-order valence-corrected chi connectivity index (χ0v) is 28.7. The first-order valence-corrected chi connectivity index (χ1v) is 17.3. The van der Waals surface area contributed by atoms with E-state index in [9.17, 15) is 18.0 Å². The molecule has 0 spiro atoms. The van der Waals surface area contributed by atoms with Gasteiger partial charge in [-0.15, -0.1) is 0 Å². The Morgan fingerprint density at radius 2 is 1.46 bits per heavy atom. The van der Waals surface area contributed by atoms with Crippen LogP contribution in [0.4, 0.5) is 5.69 Å². The molecule has 0 aliphatic carbocycles. The third-order valence-corrected chi connectivity index (χ3v) is 10.2. The molecule has 0 heterocycles. The fourth-order valence-electron chi connectivity index (χ4n) is 4.91. The van der Waals surface area contributed by atoms with Crippen LogP contribution < -0.4 is 9.62 Å². The van der Waals surface area contributed by atoms with Gasteiger partial charge in [-0.05, 0) is 74.7 Å². The molecule has 0 unspecified atom stereocenters. The van der Waals surface area contributed by atoms with Crippen LogP contribution in [0.5, 0.6) is 0 Å². The number of hydrogen-bond acceptors (Lipinski definition) is 4. The summed E-state index contributed by atoms with van der Waals surface area (Å²) in [4.78, 5) is 30.0. The van der Waals surface area contributed by atoms with E-state index in [2.05, 4.69) is 5.32 Å². The van der Waals surface area contributed by atoms with Crippen LogP contribution in [-0.4, -0.2) is 43.8 Å². The Balaban J connectivity index is 1.82. The average Bonchev–Trinajstić information content (AvgIpc) is 3.03. The Hall–Kier alpha value is -3.85. The molecule has 10 heteroatoms. The van der Waals surface area contributed by atoms with Gasteiger partial charge < -0.3 is 10.2 Å². The second kappa shape index (κ2) is 15.6. The molecule has 46 heavy (non-hydrogen) atoms. The fraction of sp³-hybridized carbons (Fsp3) is 0.278. The minimum atomic E-state index is -4.18. The molecule has 242 valence electrons. The molecule has 7 nitrogen and oxygen atoms in total. The lowest BCUT2D eigenvalue weighted by Crippen LogP contribution is -2.54. The summed E-state index contributed by atoms with van der Waals surface area (Å²) in [6, 6.07) is 26.6. The van der Waals surface area contributed by atoms with E-state index < -0.39 is 28.5 Å². The number of sulfonamides is 1. The zero-order chi connectivity index (χ0) is 33.4. The third-order valence-electron chi connectivity index (χ3n) is 7.84. The molecule has 4 aromatic rings. The lowest BCUT2D eigenvalue weighted by atomic mass is 10.0. The smallest absolute Gasteiger partial charge is 0.264 e. The second-order valence-corrected chi connectivity index (χ2v) is 14.1. The highest BCUT2D eigenvalue weighted by molar-refractivity contribution is 7.92. The largest absolute Gasteiger partial charge is 0.352 e. The number of anilines is 1. The Kier molecular flexibility index (Phi) is 11.9. The van der Waals surface area contributed by atoms with E-state index in [-0.39, 0.29) is 29.8 Å². The van der Waals surface area contributed by atoms with Gasteiger partial charge >= 0.3 is 0 Å². The number of hydrogen-bond donors (Lipinski definition) is 1. The molecule has 2 atom stereocenters. The van der Waals surface area contributed by atoms with Crippen LogP contribution in [0.3, 0.4) is 0 Å². The number of carbonyl (C=O) groups is 2. The molecule has 0 bridgehead atoms. The maximum atomic E-state index is 14.6. The van der Waals surface area contributed by atoms with Gasteiger partial charge in [0.05, 0.1) is 10.6 Å². The second-order valence-electron chi connectivity index (χ2n) is 11.4. The van der Waals surface area contributed by atoms with Crippen molar-refractivity contribution in [3.05, 3.63) is 129 Å². The van der Waals surface area contributed by atoms with E-state index in [0.717, 1.165) is 21.0 Å². The van der Waals surface area contributed by atoms with Crippen molar-refractivity contribution < 1.29 is 18.0 Å². The van der Waals surface area contributed by atoms with Gasteiger partial charge in [-0.2, -0.15) is 0 Å². The van der Waals surface area contributed by atoms with E-state index in [1.807, 2.05) is 58.0 Å². The van der Waals surface area contributed by atoms with Crippen molar-refractivity contribution in [1.82, 2.24) is 10.2 Å². The van der Waals surface area contributed by atoms with Crippen LogP contribution in [0.1, 0.15) is 42.5 Å². The lowest BCUT2D eigenvalue weighted by molar-refractivity contribution is -0.140. The van der Waals surface area contributed by atoms with Gasteiger partial charge in [0.2, 0.25) is 11.8 Å². The molecular formula is C36H39Cl2N3O4S. The minimum absolute atomic E-state index is 0.0490. The van der Waals surface area contributed by atoms with Crippen molar-refractivity contribution in [2.45, 2.75) is 64.1 Å². The van der Waals surface area contributed by atoms with Crippen LogP contribution >= 0.6 is 23.2 Å². The maximum Gasteiger partial charge on any atom is 0.264 e. The van der Waals surface area contributed by atoms with Gasteiger partial charge in [-0.3, -0.25) is 13.9 Å². The summed E-state index contributed by atoms with van der Waals surface area (Å²) in [5.41, 5.74) is 3.57. The Morgan fingerprint density at radius 3 is 2.04 bits per heavy atom. The van der Waals surface area contributed by atoms with Gasteiger partial charge in [0.15, 0.2) is 0 Å². The van der Waals surface area contributed by atoms with E-state index in [1.54, 1.807) is 54.6 Å². The predicted octanol–water partition coefficient (Wildman–Crippen LogP) is 7.36. The van der Waals surface area contributed by atoms with Crippen molar-refractivity contribution in [3.8, 4) is 0 Å². The van der Waals surface area contributed by atoms with Crippen molar-refractivity contribution in [2.75, 3.05) is 10.8 Å². The maximum absolute atomic E-state index is 14.6. The minimum Gasteiger partial charge on any atom is -0.352 e. The predicted molar refractivity (Wildman–Crippen MR) is 186 cm³/mol. The van der Waals surface area contributed by atoms with Crippen LogP contribution in [0.2, 0.25) is 10.0 Å². The average molecular weight is 681 g/mol. The summed E-state index contributed by atoms with van der Waals surface area (Å²) in [7, 11) is -4.18. The molecule has 4 aromatic carbocycles. The van der Waals surface area contributed by atoms with Crippen LogP contribution in [0, 0.1) is 13.8 Å². The fourth-order valence-corrected chi connectivity index (χ4v) is 6.79. The van der Waals surface area contributed by atoms with Gasteiger partial charge in [0.25, 0.3) is 10.0 Å². The molecule has 0 saturated carbocycles. The summed E-state index contributed by atoms with van der Waals surface area (Å²) in [5, 5.41) is 3.78. The number of rotatable bonds is 13. The number of halogens is 2. The Morgan fingerprint density at radius 1 is 0.848 bits per heavy atom. The van der Waals surface area contributed by atoms with Crippen molar-refractivity contribution in [3.63, 3.8) is 0 Å². The van der Waals surface area contributed by atoms with Crippen LogP contribution in [0.15, 0.2) is 102 Å². The highest BCUT2D eigenvalue weighted by Crippen LogP contribution is 2.27. The molecule has 1 N–H and O–H groups in total. The monoisotopic (exact) mass is 679 g/mol. The molecule has 4 rings (SSSR count). The Bertz CT molecular complexity index is 1750. The molecule has 0 fully saturated rings. The first kappa shape index (κ1) is 35.0. The number of nitrogens with zero attached hydrogens (tertiary/aromatic N) is 2. The highest BCUT2D eigenvalue weighted by atomic mass is 35.5. The molecule has 0 saturated heterocycles. The van der Waals surface area contributed by atoms with E-state index >= 15 is 0 Å². The molecular weight excluding hydrogens is 641 g/mol. The first-order valence-electron chi connectivity index (χ1n) is 15.1. The van der Waals surface area contributed by atoms with E-state index in [1.165, 1.54) is 17.0 Å². The van der Waals surface area contributed by atoms with Crippen molar-refractivity contribution in [2.24, 2.45) is 0 Å². The topological polar surface area (TPSA) is 86.8 Å². The van der Waals surface area contributed by atoms with E-state index in [4.69, 9.17) is 23.2 Å². The van der Waals surface area contributed by atoms with Gasteiger partial charge in [-0.25, -0.2) is 8.42 Å². The lowest BCUT2D eigenvalue weighted by Gasteiger charge is -2.34. The SMILES string of the molecule is CC[C@@H](C)NC(=O)[C@H](Cc1ccccc1)N(Cc1ccc(Cl)cc1Cl)C(=O)CN(c1ccc(C)cc1)S(=O)(=O)c1ccc(C)cc1. The first-order chi connectivity index (χ1) is 21.9. The van der Waals surface area contributed by atoms with Crippen LogP contribution in [0.25, 0.3) is 0 Å². The molecule has 0 aromatic heterocycles. The van der Waals surface area contributed by atoms with Gasteiger partial charge in [-0.1, -0.05) is 102 Å². The van der Waals surface area contributed by atoms with Crippen LogP contribution in [-0.2, 0) is 32.6 Å². The Labute approximate surface area is 282 Å². The summed E-state index contributed by atoms with van der Waals surface area (Å²) >= 11 is 12.8. The quantitative estimate of drug-likeness (QED) is 0.160. The molecule has 0 aliphatic heterocycles. The summed E-state index contributed by atoms with van der Waals surface area (Å²) in [6.07, 6.45) is 0.895. The molecule has 0 aliphatic rings. The number of benzene rings is 4. The molecule has 0 radical (unpaired) electrons. The highest BCUT2D eigenvalue weighted by Gasteiger charge is 2.35. The molecule has 2 amide bonds. The number of aryl methyl sites for hydroxylation is 2. The standard InChI is InChI=1S/C36H39Cl2N3O4S/c1-5-27(4)39-36(43)34(21-28-9-7-6-8-10-28)40(23-29-15-16-30(37)22-33(29)38)35(42)24-41(31-17-11-25(2)12-18-31)46(44,45)32-19-13-26(3)14-20-32/h6-20,22,27,34H,5,21,23-24H2,1-4H3,(H,39,43)/t27-,34+/m1/s1. The summed E-state index contributed by atoms with van der Waals surface area (Å²) in [5.74, 6) is -0.914. The van der Waals surface area contributed by atoms with Gasteiger partial charge in [0, 0.05) is 29.1 Å². The normalized spacial score (nSPS) is 12.7.